The van der Waals surface area contributed by atoms with Crippen LogP contribution in [-0.2, 0) is 9.59 Å². The van der Waals surface area contributed by atoms with Crippen LogP contribution in [0.2, 0.25) is 0 Å². The molecule has 0 radical (unpaired) electrons. The maximum Gasteiger partial charge on any atom is 0.307 e. The highest BCUT2D eigenvalue weighted by Crippen LogP contribution is 2.14. The van der Waals surface area contributed by atoms with E-state index in [4.69, 9.17) is 5.11 Å². The van der Waals surface area contributed by atoms with Gasteiger partial charge < -0.3 is 10.4 Å². The lowest BCUT2D eigenvalue weighted by atomic mass is 9.95. The van der Waals surface area contributed by atoms with Gasteiger partial charge in [-0.3, -0.25) is 9.59 Å². The summed E-state index contributed by atoms with van der Waals surface area (Å²) in [5.74, 6) is -2.49. The van der Waals surface area contributed by atoms with E-state index in [0.717, 1.165) is 0 Å². The van der Waals surface area contributed by atoms with Gasteiger partial charge in [0.15, 0.2) is 0 Å². The molecule has 16 heavy (non-hydrogen) atoms. The molecule has 0 aliphatic carbocycles. The Labute approximate surface area is 94.3 Å². The molecule has 2 atom stereocenters. The van der Waals surface area contributed by atoms with Gasteiger partial charge in [-0.05, 0) is 12.1 Å². The number of hydrogen-bond acceptors (Lipinski definition) is 2. The fraction of sp³-hybridized carbons (Fsp3) is 0.333. The molecule has 0 aliphatic heterocycles. The van der Waals surface area contributed by atoms with E-state index in [2.05, 4.69) is 5.32 Å². The summed E-state index contributed by atoms with van der Waals surface area (Å²) < 4.78 is 0. The molecule has 0 bridgehead atoms. The lowest BCUT2D eigenvalue weighted by Crippen LogP contribution is -2.29. The Morgan fingerprint density at radius 1 is 1.12 bits per heavy atom. The molecule has 0 heterocycles. The van der Waals surface area contributed by atoms with Crippen molar-refractivity contribution in [1.82, 2.24) is 0 Å². The number of amides is 1. The van der Waals surface area contributed by atoms with Gasteiger partial charge in [0.05, 0.1) is 5.92 Å². The number of carboxylic acid groups (broad SMARTS) is 1. The number of carboxylic acids is 1. The predicted molar refractivity (Wildman–Crippen MR) is 61.0 cm³/mol. The van der Waals surface area contributed by atoms with Gasteiger partial charge in [0, 0.05) is 11.6 Å². The van der Waals surface area contributed by atoms with Gasteiger partial charge in [-0.25, -0.2) is 0 Å². The van der Waals surface area contributed by atoms with Crippen molar-refractivity contribution in [1.29, 1.82) is 0 Å². The van der Waals surface area contributed by atoms with Crippen LogP contribution in [0.4, 0.5) is 5.69 Å². The van der Waals surface area contributed by atoms with Crippen LogP contribution < -0.4 is 5.32 Å². The third-order valence-corrected chi connectivity index (χ3v) is 2.59. The van der Waals surface area contributed by atoms with Gasteiger partial charge in [-0.2, -0.15) is 0 Å². The SMILES string of the molecule is C[C@@H](C(=O)O)[C@@H](C)C(=O)Nc1ccccc1. The van der Waals surface area contributed by atoms with Crippen molar-refractivity contribution in [2.45, 2.75) is 13.8 Å². The van der Waals surface area contributed by atoms with Crippen LogP contribution in [0.3, 0.4) is 0 Å². The Morgan fingerprint density at radius 2 is 1.69 bits per heavy atom. The second kappa shape index (κ2) is 5.30. The minimum absolute atomic E-state index is 0.277. The molecule has 1 amide bonds. The van der Waals surface area contributed by atoms with Crippen LogP contribution in [0.15, 0.2) is 30.3 Å². The summed E-state index contributed by atoms with van der Waals surface area (Å²) in [6.07, 6.45) is 0. The highest BCUT2D eigenvalue weighted by Gasteiger charge is 2.25. The standard InChI is InChI=1S/C12H15NO3/c1-8(9(2)12(15)16)11(14)13-10-6-4-3-5-7-10/h3-9H,1-2H3,(H,13,14)(H,15,16)/t8-,9-/m1/s1. The molecule has 1 rings (SSSR count). The van der Waals surface area contributed by atoms with Gasteiger partial charge >= 0.3 is 5.97 Å². The third kappa shape index (κ3) is 3.08. The number of rotatable bonds is 4. The summed E-state index contributed by atoms with van der Waals surface area (Å²) in [5, 5.41) is 11.5. The number of hydrogen-bond donors (Lipinski definition) is 2. The van der Waals surface area contributed by atoms with Crippen LogP contribution in [-0.4, -0.2) is 17.0 Å². The Balaban J connectivity index is 2.63. The fourth-order valence-corrected chi connectivity index (χ4v) is 1.22. The van der Waals surface area contributed by atoms with Gasteiger partial charge in [0.25, 0.3) is 0 Å². The number of nitrogens with one attached hydrogen (secondary N) is 1. The second-order valence-electron chi connectivity index (χ2n) is 3.77. The van der Waals surface area contributed by atoms with E-state index in [0.29, 0.717) is 5.69 Å². The Hall–Kier alpha value is -1.84. The van der Waals surface area contributed by atoms with Crippen LogP contribution in [0.5, 0.6) is 0 Å². The summed E-state index contributed by atoms with van der Waals surface area (Å²) in [6.45, 7) is 3.13. The quantitative estimate of drug-likeness (QED) is 0.817. The molecule has 0 aromatic heterocycles. The first-order valence-corrected chi connectivity index (χ1v) is 5.11. The van der Waals surface area contributed by atoms with Crippen molar-refractivity contribution in [3.63, 3.8) is 0 Å². The van der Waals surface area contributed by atoms with Gasteiger partial charge in [-0.15, -0.1) is 0 Å². The van der Waals surface area contributed by atoms with Crippen molar-refractivity contribution >= 4 is 17.6 Å². The van der Waals surface area contributed by atoms with E-state index >= 15 is 0 Å². The lowest BCUT2D eigenvalue weighted by molar-refractivity contribution is -0.145. The molecule has 0 saturated carbocycles. The van der Waals surface area contributed by atoms with Crippen molar-refractivity contribution < 1.29 is 14.7 Å². The summed E-state index contributed by atoms with van der Waals surface area (Å²) >= 11 is 0. The summed E-state index contributed by atoms with van der Waals surface area (Å²) in [4.78, 5) is 22.4. The Bertz CT molecular complexity index is 375. The average molecular weight is 221 g/mol. The molecule has 4 nitrogen and oxygen atoms in total. The topological polar surface area (TPSA) is 66.4 Å². The summed E-state index contributed by atoms with van der Waals surface area (Å²) in [5.41, 5.74) is 0.678. The maximum absolute atomic E-state index is 11.7. The van der Waals surface area contributed by atoms with Crippen LogP contribution >= 0.6 is 0 Å². The van der Waals surface area contributed by atoms with E-state index in [1.165, 1.54) is 6.92 Å². The first kappa shape index (κ1) is 12.2. The van der Waals surface area contributed by atoms with Crippen LogP contribution in [0.1, 0.15) is 13.8 Å². The molecule has 1 aromatic rings. The zero-order valence-electron chi connectivity index (χ0n) is 9.31. The van der Waals surface area contributed by atoms with E-state index in [-0.39, 0.29) is 5.91 Å². The molecular formula is C12H15NO3. The summed E-state index contributed by atoms with van der Waals surface area (Å²) in [7, 11) is 0. The molecule has 0 saturated heterocycles. The second-order valence-corrected chi connectivity index (χ2v) is 3.77. The van der Waals surface area contributed by atoms with E-state index < -0.39 is 17.8 Å². The zero-order valence-corrected chi connectivity index (χ0v) is 9.31. The lowest BCUT2D eigenvalue weighted by Gasteiger charge is -2.15. The minimum Gasteiger partial charge on any atom is -0.481 e. The number of para-hydroxylation sites is 1. The maximum atomic E-state index is 11.7. The van der Waals surface area contributed by atoms with E-state index in [1.807, 2.05) is 6.07 Å². The number of carbonyl (C=O) groups is 2. The highest BCUT2D eigenvalue weighted by molar-refractivity contribution is 5.94. The Morgan fingerprint density at radius 3 is 2.19 bits per heavy atom. The van der Waals surface area contributed by atoms with Crippen LogP contribution in [0, 0.1) is 11.8 Å². The van der Waals surface area contributed by atoms with Gasteiger partial charge in [0.1, 0.15) is 0 Å². The monoisotopic (exact) mass is 221 g/mol. The molecular weight excluding hydrogens is 206 g/mol. The average Bonchev–Trinajstić information content (AvgIpc) is 2.28. The molecule has 0 fully saturated rings. The Kier molecular flexibility index (Phi) is 4.05. The smallest absolute Gasteiger partial charge is 0.307 e. The summed E-state index contributed by atoms with van der Waals surface area (Å²) in [6, 6.07) is 8.98. The van der Waals surface area contributed by atoms with Crippen molar-refractivity contribution in [2.75, 3.05) is 5.32 Å². The zero-order chi connectivity index (χ0) is 12.1. The fourth-order valence-electron chi connectivity index (χ4n) is 1.22. The first-order chi connectivity index (χ1) is 7.52. The highest BCUT2D eigenvalue weighted by atomic mass is 16.4. The van der Waals surface area contributed by atoms with E-state index in [1.54, 1.807) is 31.2 Å². The van der Waals surface area contributed by atoms with Gasteiger partial charge in [-0.1, -0.05) is 32.0 Å². The third-order valence-electron chi connectivity index (χ3n) is 2.59. The van der Waals surface area contributed by atoms with Crippen molar-refractivity contribution in [2.24, 2.45) is 11.8 Å². The minimum atomic E-state index is -0.962. The first-order valence-electron chi connectivity index (χ1n) is 5.11. The molecule has 2 N–H and O–H groups in total. The molecule has 4 heteroatoms. The number of aliphatic carboxylic acids is 1. The van der Waals surface area contributed by atoms with E-state index in [9.17, 15) is 9.59 Å². The number of carbonyl (C=O) groups excluding carboxylic acids is 1. The largest absolute Gasteiger partial charge is 0.481 e. The molecule has 0 aliphatic rings. The normalized spacial score (nSPS) is 13.9. The predicted octanol–water partition coefficient (Wildman–Crippen LogP) is 1.98. The molecule has 0 unspecified atom stereocenters. The number of benzene rings is 1. The van der Waals surface area contributed by atoms with Crippen molar-refractivity contribution in [3.05, 3.63) is 30.3 Å². The van der Waals surface area contributed by atoms with Gasteiger partial charge in [0.2, 0.25) is 5.91 Å². The number of anilines is 1. The molecule has 1 aromatic carbocycles. The molecule has 86 valence electrons. The van der Waals surface area contributed by atoms with Crippen molar-refractivity contribution in [3.8, 4) is 0 Å². The van der Waals surface area contributed by atoms with Crippen LogP contribution in [0.25, 0.3) is 0 Å². The molecule has 0 spiro atoms.